The standard InChI is InChI=1S/C7H12INO3S/c1-7(9-6(10)4-8)2-3-13(11,12)5-7/h2-5H2,1H3,(H,9,10). The fraction of sp³-hybridized carbons (Fsp3) is 0.857. The summed E-state index contributed by atoms with van der Waals surface area (Å²) in [5.41, 5.74) is -0.541. The van der Waals surface area contributed by atoms with Gasteiger partial charge in [0.1, 0.15) is 0 Å². The van der Waals surface area contributed by atoms with Crippen LogP contribution in [0.2, 0.25) is 0 Å². The number of sulfone groups is 1. The molecule has 13 heavy (non-hydrogen) atoms. The highest BCUT2D eigenvalue weighted by molar-refractivity contribution is 14.1. The molecule has 4 nitrogen and oxygen atoms in total. The van der Waals surface area contributed by atoms with Gasteiger partial charge < -0.3 is 5.32 Å². The van der Waals surface area contributed by atoms with Crippen molar-refractivity contribution in [1.29, 1.82) is 0 Å². The molecule has 6 heteroatoms. The van der Waals surface area contributed by atoms with Gasteiger partial charge in [-0.2, -0.15) is 0 Å². The Balaban J connectivity index is 2.65. The number of alkyl halides is 1. The quantitative estimate of drug-likeness (QED) is 0.581. The predicted molar refractivity (Wildman–Crippen MR) is 58.7 cm³/mol. The Kier molecular flexibility index (Phi) is 3.21. The fourth-order valence-electron chi connectivity index (χ4n) is 1.48. The van der Waals surface area contributed by atoms with Crippen LogP contribution in [0.5, 0.6) is 0 Å². The molecule has 1 N–H and O–H groups in total. The largest absolute Gasteiger partial charge is 0.349 e. The molecule has 0 aliphatic carbocycles. The van der Waals surface area contributed by atoms with E-state index in [1.807, 2.05) is 22.6 Å². The van der Waals surface area contributed by atoms with Crippen LogP contribution in [0.25, 0.3) is 0 Å². The van der Waals surface area contributed by atoms with Gasteiger partial charge in [-0.15, -0.1) is 0 Å². The van der Waals surface area contributed by atoms with Gasteiger partial charge in [-0.05, 0) is 13.3 Å². The first kappa shape index (κ1) is 11.2. The summed E-state index contributed by atoms with van der Waals surface area (Å²) in [6.45, 7) is 1.78. The molecule has 1 unspecified atom stereocenters. The normalized spacial score (nSPS) is 31.5. The molecule has 1 heterocycles. The fourth-order valence-corrected chi connectivity index (χ4v) is 3.76. The second-order valence-corrected chi connectivity index (χ2v) is 6.53. The van der Waals surface area contributed by atoms with Gasteiger partial charge in [0.25, 0.3) is 0 Å². The first-order valence-corrected chi connectivity index (χ1v) is 7.29. The number of halogens is 1. The van der Waals surface area contributed by atoms with Crippen LogP contribution >= 0.6 is 22.6 Å². The highest BCUT2D eigenvalue weighted by atomic mass is 127. The van der Waals surface area contributed by atoms with Crippen molar-refractivity contribution in [3.63, 3.8) is 0 Å². The Hall–Kier alpha value is 0.150. The lowest BCUT2D eigenvalue weighted by molar-refractivity contribution is -0.119. The Morgan fingerprint density at radius 2 is 2.23 bits per heavy atom. The zero-order valence-electron chi connectivity index (χ0n) is 7.34. The average molecular weight is 317 g/mol. The molecule has 0 aromatic heterocycles. The molecule has 1 rings (SSSR count). The molecule has 0 aromatic carbocycles. The van der Waals surface area contributed by atoms with E-state index in [-0.39, 0.29) is 17.4 Å². The first-order valence-electron chi connectivity index (χ1n) is 3.94. The third-order valence-electron chi connectivity index (χ3n) is 2.07. The molecule has 0 aromatic rings. The van der Waals surface area contributed by atoms with Crippen molar-refractivity contribution in [3.05, 3.63) is 0 Å². The van der Waals surface area contributed by atoms with Crippen LogP contribution in [0.15, 0.2) is 0 Å². The van der Waals surface area contributed by atoms with Crippen molar-refractivity contribution in [2.24, 2.45) is 0 Å². The van der Waals surface area contributed by atoms with Gasteiger partial charge in [0.2, 0.25) is 5.91 Å². The number of amides is 1. The van der Waals surface area contributed by atoms with Gasteiger partial charge in [-0.25, -0.2) is 8.42 Å². The maximum absolute atomic E-state index is 11.2. The topological polar surface area (TPSA) is 63.2 Å². The van der Waals surface area contributed by atoms with Crippen molar-refractivity contribution < 1.29 is 13.2 Å². The van der Waals surface area contributed by atoms with Crippen LogP contribution < -0.4 is 5.32 Å². The maximum Gasteiger partial charge on any atom is 0.230 e. The molecule has 76 valence electrons. The summed E-state index contributed by atoms with van der Waals surface area (Å²) >= 11 is 1.95. The molecule has 0 bridgehead atoms. The van der Waals surface area contributed by atoms with Gasteiger partial charge >= 0.3 is 0 Å². The molecule has 0 radical (unpaired) electrons. The van der Waals surface area contributed by atoms with Crippen LogP contribution in [0, 0.1) is 0 Å². The molecule has 1 saturated heterocycles. The van der Waals surface area contributed by atoms with E-state index in [1.54, 1.807) is 6.92 Å². The number of rotatable bonds is 2. The van der Waals surface area contributed by atoms with Gasteiger partial charge in [-0.3, -0.25) is 4.79 Å². The second-order valence-electron chi connectivity index (χ2n) is 3.58. The van der Waals surface area contributed by atoms with Crippen LogP contribution in [0.3, 0.4) is 0 Å². The minimum atomic E-state index is -2.92. The Bertz CT molecular complexity index is 314. The molecule has 1 fully saturated rings. The van der Waals surface area contributed by atoms with Crippen LogP contribution in [-0.4, -0.2) is 35.8 Å². The van der Waals surface area contributed by atoms with E-state index in [4.69, 9.17) is 0 Å². The molecular formula is C7H12INO3S. The maximum atomic E-state index is 11.2. The smallest absolute Gasteiger partial charge is 0.230 e. The van der Waals surface area contributed by atoms with Gasteiger partial charge in [0.05, 0.1) is 21.5 Å². The number of hydrogen-bond acceptors (Lipinski definition) is 3. The third kappa shape index (κ3) is 3.08. The van der Waals surface area contributed by atoms with E-state index in [0.717, 1.165) is 0 Å². The van der Waals surface area contributed by atoms with Crippen LogP contribution in [0.1, 0.15) is 13.3 Å². The monoisotopic (exact) mass is 317 g/mol. The summed E-state index contributed by atoms with van der Waals surface area (Å²) in [5.74, 6) is 0.160. The summed E-state index contributed by atoms with van der Waals surface area (Å²) in [4.78, 5) is 11.1. The van der Waals surface area contributed by atoms with Crippen LogP contribution in [-0.2, 0) is 14.6 Å². The summed E-state index contributed by atoms with van der Waals surface area (Å²) in [7, 11) is -2.92. The summed E-state index contributed by atoms with van der Waals surface area (Å²) < 4.78 is 22.7. The molecule has 1 amide bonds. The molecular weight excluding hydrogens is 305 g/mol. The zero-order chi connectivity index (χ0) is 10.1. The van der Waals surface area contributed by atoms with E-state index in [1.165, 1.54) is 0 Å². The van der Waals surface area contributed by atoms with Crippen molar-refractivity contribution in [3.8, 4) is 0 Å². The number of nitrogens with one attached hydrogen (secondary N) is 1. The Labute approximate surface area is 91.5 Å². The number of carbonyl (C=O) groups is 1. The number of hydrogen-bond donors (Lipinski definition) is 1. The molecule has 1 aliphatic rings. The second kappa shape index (κ2) is 3.72. The van der Waals surface area contributed by atoms with E-state index in [0.29, 0.717) is 10.8 Å². The minimum Gasteiger partial charge on any atom is -0.349 e. The van der Waals surface area contributed by atoms with Crippen molar-refractivity contribution in [2.45, 2.75) is 18.9 Å². The minimum absolute atomic E-state index is 0.0718. The summed E-state index contributed by atoms with van der Waals surface area (Å²) in [6, 6.07) is 0. The Morgan fingerprint density at radius 3 is 2.62 bits per heavy atom. The van der Waals surface area contributed by atoms with Crippen molar-refractivity contribution in [1.82, 2.24) is 5.32 Å². The SMILES string of the molecule is CC1(NC(=O)CI)CCS(=O)(=O)C1. The molecule has 1 aliphatic heterocycles. The summed E-state index contributed by atoms with van der Waals surface area (Å²) in [6.07, 6.45) is 0.526. The van der Waals surface area contributed by atoms with Crippen molar-refractivity contribution >= 4 is 38.3 Å². The average Bonchev–Trinajstić information content (AvgIpc) is 2.25. The Morgan fingerprint density at radius 1 is 1.62 bits per heavy atom. The third-order valence-corrected chi connectivity index (χ3v) is 4.66. The highest BCUT2D eigenvalue weighted by Crippen LogP contribution is 2.22. The first-order chi connectivity index (χ1) is 5.87. The van der Waals surface area contributed by atoms with E-state index in [9.17, 15) is 13.2 Å². The molecule has 0 spiro atoms. The zero-order valence-corrected chi connectivity index (χ0v) is 10.3. The molecule has 1 atom stereocenters. The van der Waals surface area contributed by atoms with Gasteiger partial charge in [-0.1, -0.05) is 22.6 Å². The number of carbonyl (C=O) groups excluding carboxylic acids is 1. The molecule has 0 saturated carbocycles. The predicted octanol–water partition coefficient (Wildman–Crippen LogP) is 0.115. The van der Waals surface area contributed by atoms with Crippen molar-refractivity contribution in [2.75, 3.05) is 15.9 Å². The van der Waals surface area contributed by atoms with E-state index < -0.39 is 15.4 Å². The lowest BCUT2D eigenvalue weighted by atomic mass is 10.0. The van der Waals surface area contributed by atoms with E-state index in [2.05, 4.69) is 5.32 Å². The van der Waals surface area contributed by atoms with Crippen LogP contribution in [0.4, 0.5) is 0 Å². The lowest BCUT2D eigenvalue weighted by Gasteiger charge is -2.23. The van der Waals surface area contributed by atoms with Gasteiger partial charge in [0.15, 0.2) is 9.84 Å². The lowest BCUT2D eigenvalue weighted by Crippen LogP contribution is -2.47. The van der Waals surface area contributed by atoms with E-state index >= 15 is 0 Å². The summed E-state index contributed by atoms with van der Waals surface area (Å²) in [5, 5.41) is 2.73. The highest BCUT2D eigenvalue weighted by Gasteiger charge is 2.39. The van der Waals surface area contributed by atoms with Gasteiger partial charge in [0, 0.05) is 0 Å².